The highest BCUT2D eigenvalue weighted by Crippen LogP contribution is 2.39. The summed E-state index contributed by atoms with van der Waals surface area (Å²) in [5.74, 6) is -0.487. The van der Waals surface area contributed by atoms with E-state index in [4.69, 9.17) is 15.5 Å². The number of pyridine rings is 1. The maximum Gasteiger partial charge on any atom is 0.254 e. The lowest BCUT2D eigenvalue weighted by molar-refractivity contribution is 0.0303. The van der Waals surface area contributed by atoms with E-state index in [0.717, 1.165) is 38.2 Å². The molecular formula is C25H20N4O3S. The summed E-state index contributed by atoms with van der Waals surface area (Å²) in [6.07, 6.45) is 0.519. The van der Waals surface area contributed by atoms with Crippen LogP contribution < -0.4 is 5.73 Å². The van der Waals surface area contributed by atoms with Crippen molar-refractivity contribution in [1.82, 2.24) is 14.9 Å². The molecule has 0 radical (unpaired) electrons. The van der Waals surface area contributed by atoms with E-state index in [9.17, 15) is 9.59 Å². The minimum absolute atomic E-state index is 0.00241. The van der Waals surface area contributed by atoms with Crippen LogP contribution in [0.25, 0.3) is 32.7 Å². The number of carbonyl (C=O) groups is 2. The number of carbonyl (C=O) groups excluding carboxylic acids is 2. The van der Waals surface area contributed by atoms with Gasteiger partial charge >= 0.3 is 0 Å². The van der Waals surface area contributed by atoms with Gasteiger partial charge in [-0.15, -0.1) is 11.3 Å². The summed E-state index contributed by atoms with van der Waals surface area (Å²) in [5.41, 5.74) is 14.6. The number of nitrogens with two attached hydrogens (primary N) is 1. The number of ether oxygens (including phenoxy) is 1. The average Bonchev–Trinajstić information content (AvgIpc) is 3.46. The predicted octanol–water partition coefficient (Wildman–Crippen LogP) is 3.50. The van der Waals surface area contributed by atoms with Gasteiger partial charge in [-0.25, -0.2) is 9.97 Å². The van der Waals surface area contributed by atoms with Crippen LogP contribution in [0.5, 0.6) is 0 Å². The molecule has 1 aliphatic carbocycles. The fraction of sp³-hybridized carbons (Fsp3) is 0.200. The molecule has 33 heavy (non-hydrogen) atoms. The van der Waals surface area contributed by atoms with Crippen LogP contribution >= 0.6 is 11.3 Å². The lowest BCUT2D eigenvalue weighted by atomic mass is 10.0. The maximum atomic E-state index is 12.9. The molecule has 1 saturated heterocycles. The molecule has 0 bridgehead atoms. The first-order valence-electron chi connectivity index (χ1n) is 10.8. The van der Waals surface area contributed by atoms with E-state index in [2.05, 4.69) is 4.98 Å². The van der Waals surface area contributed by atoms with Crippen LogP contribution in [-0.4, -0.2) is 53.0 Å². The van der Waals surface area contributed by atoms with Crippen molar-refractivity contribution in [2.24, 2.45) is 5.73 Å². The lowest BCUT2D eigenvalue weighted by Gasteiger charge is -2.27. The van der Waals surface area contributed by atoms with Gasteiger partial charge < -0.3 is 15.4 Å². The standard InChI is InChI=1S/C25H20N4O3S/c26-24(30)19-12-20(14-2-4-22-21(11-14)27-13-33-22)28-23-17-3-1-15(9-16(17)10-18(19)23)25(31)29-5-7-32-8-6-29/h1-4,9,11-13H,5-8,10H2,(H2,26,30). The van der Waals surface area contributed by atoms with Gasteiger partial charge in [0.05, 0.1) is 40.3 Å². The Balaban J connectivity index is 1.42. The molecule has 0 spiro atoms. The number of morpholine rings is 1. The zero-order valence-corrected chi connectivity index (χ0v) is 18.5. The normalized spacial score (nSPS) is 14.8. The van der Waals surface area contributed by atoms with Gasteiger partial charge in [-0.3, -0.25) is 9.59 Å². The van der Waals surface area contributed by atoms with E-state index in [1.807, 2.05) is 46.8 Å². The maximum absolute atomic E-state index is 12.9. The molecular weight excluding hydrogens is 436 g/mol. The van der Waals surface area contributed by atoms with Crippen molar-refractivity contribution in [2.45, 2.75) is 6.42 Å². The van der Waals surface area contributed by atoms with Crippen molar-refractivity contribution in [3.63, 3.8) is 0 Å². The smallest absolute Gasteiger partial charge is 0.254 e. The van der Waals surface area contributed by atoms with E-state index >= 15 is 0 Å². The first-order valence-corrected chi connectivity index (χ1v) is 11.6. The number of hydrogen-bond donors (Lipinski definition) is 1. The number of rotatable bonds is 3. The molecule has 2 amide bonds. The van der Waals surface area contributed by atoms with Gasteiger partial charge in [-0.05, 0) is 41.5 Å². The Bertz CT molecular complexity index is 1440. The van der Waals surface area contributed by atoms with Gasteiger partial charge in [0, 0.05) is 41.8 Å². The zero-order chi connectivity index (χ0) is 22.5. The fourth-order valence-electron chi connectivity index (χ4n) is 4.60. The molecule has 7 nitrogen and oxygen atoms in total. The molecule has 3 heterocycles. The van der Waals surface area contributed by atoms with Crippen molar-refractivity contribution in [1.29, 1.82) is 0 Å². The van der Waals surface area contributed by atoms with Crippen LogP contribution in [0, 0.1) is 0 Å². The lowest BCUT2D eigenvalue weighted by Crippen LogP contribution is -2.40. The van der Waals surface area contributed by atoms with Crippen molar-refractivity contribution in [3.05, 3.63) is 70.2 Å². The zero-order valence-electron chi connectivity index (χ0n) is 17.7. The highest BCUT2D eigenvalue weighted by atomic mass is 32.1. The highest BCUT2D eigenvalue weighted by molar-refractivity contribution is 7.16. The summed E-state index contributed by atoms with van der Waals surface area (Å²) in [5, 5.41) is 0. The Morgan fingerprint density at radius 2 is 1.91 bits per heavy atom. The van der Waals surface area contributed by atoms with E-state index < -0.39 is 5.91 Å². The molecule has 0 saturated carbocycles. The number of amides is 2. The molecule has 0 unspecified atom stereocenters. The van der Waals surface area contributed by atoms with Crippen molar-refractivity contribution in [3.8, 4) is 22.5 Å². The Morgan fingerprint density at radius 1 is 1.06 bits per heavy atom. The van der Waals surface area contributed by atoms with Crippen LogP contribution in [0.15, 0.2) is 48.0 Å². The molecule has 1 fully saturated rings. The van der Waals surface area contributed by atoms with E-state index in [-0.39, 0.29) is 5.91 Å². The minimum Gasteiger partial charge on any atom is -0.378 e. The van der Waals surface area contributed by atoms with Crippen LogP contribution in [0.1, 0.15) is 31.8 Å². The largest absolute Gasteiger partial charge is 0.378 e. The Hall–Kier alpha value is -3.62. The van der Waals surface area contributed by atoms with Gasteiger partial charge in [0.2, 0.25) is 5.91 Å². The molecule has 4 aromatic rings. The summed E-state index contributed by atoms with van der Waals surface area (Å²) in [6.45, 7) is 2.30. The molecule has 164 valence electrons. The summed E-state index contributed by atoms with van der Waals surface area (Å²) in [4.78, 5) is 36.4. The Labute approximate surface area is 193 Å². The molecule has 8 heteroatoms. The minimum atomic E-state index is -0.484. The van der Waals surface area contributed by atoms with E-state index in [0.29, 0.717) is 49.5 Å². The quantitative estimate of drug-likeness (QED) is 0.448. The first-order chi connectivity index (χ1) is 16.1. The summed E-state index contributed by atoms with van der Waals surface area (Å²) < 4.78 is 6.45. The Kier molecular flexibility index (Phi) is 4.70. The third-order valence-corrected chi connectivity index (χ3v) is 7.10. The van der Waals surface area contributed by atoms with E-state index in [1.54, 1.807) is 17.4 Å². The SMILES string of the molecule is NC(=O)c1cc(-c2ccc3scnc3c2)nc2c1Cc1cc(C(=O)N3CCOCC3)ccc1-2. The van der Waals surface area contributed by atoms with Crippen molar-refractivity contribution in [2.75, 3.05) is 26.3 Å². The molecule has 2 N–H and O–H groups in total. The highest BCUT2D eigenvalue weighted by Gasteiger charge is 2.28. The number of nitrogens with zero attached hydrogens (tertiary/aromatic N) is 3. The molecule has 2 aromatic carbocycles. The van der Waals surface area contributed by atoms with Crippen molar-refractivity contribution >= 4 is 33.4 Å². The van der Waals surface area contributed by atoms with Crippen molar-refractivity contribution < 1.29 is 14.3 Å². The second-order valence-electron chi connectivity index (χ2n) is 8.23. The number of hydrogen-bond acceptors (Lipinski definition) is 6. The summed E-state index contributed by atoms with van der Waals surface area (Å²) in [6, 6.07) is 13.4. The number of fused-ring (bicyclic) bond motifs is 4. The molecule has 2 aromatic heterocycles. The van der Waals surface area contributed by atoms with E-state index in [1.165, 1.54) is 0 Å². The van der Waals surface area contributed by atoms with Crippen LogP contribution in [0.2, 0.25) is 0 Å². The topological polar surface area (TPSA) is 98.4 Å². The fourth-order valence-corrected chi connectivity index (χ4v) is 5.26. The van der Waals surface area contributed by atoms with Crippen LogP contribution in [0.3, 0.4) is 0 Å². The van der Waals surface area contributed by atoms with Gasteiger partial charge in [0.25, 0.3) is 5.91 Å². The second-order valence-corrected chi connectivity index (χ2v) is 9.12. The summed E-state index contributed by atoms with van der Waals surface area (Å²) in [7, 11) is 0. The number of thiazole rings is 1. The molecule has 6 rings (SSSR count). The van der Waals surface area contributed by atoms with Gasteiger partial charge in [-0.2, -0.15) is 0 Å². The third-order valence-electron chi connectivity index (χ3n) is 6.29. The van der Waals surface area contributed by atoms with Gasteiger partial charge in [0.15, 0.2) is 0 Å². The van der Waals surface area contributed by atoms with Crippen LogP contribution in [-0.2, 0) is 11.2 Å². The average molecular weight is 457 g/mol. The molecule has 2 aliphatic rings. The number of aromatic nitrogens is 2. The summed E-state index contributed by atoms with van der Waals surface area (Å²) >= 11 is 1.58. The predicted molar refractivity (Wildman–Crippen MR) is 126 cm³/mol. The second kappa shape index (κ2) is 7.75. The van der Waals surface area contributed by atoms with Gasteiger partial charge in [-0.1, -0.05) is 12.1 Å². The molecule has 0 atom stereocenters. The van der Waals surface area contributed by atoms with Crippen LogP contribution in [0.4, 0.5) is 0 Å². The third kappa shape index (κ3) is 3.39. The number of primary amides is 1. The Morgan fingerprint density at radius 3 is 2.73 bits per heavy atom. The molecule has 1 aliphatic heterocycles. The monoisotopic (exact) mass is 456 g/mol. The first kappa shape index (κ1) is 20.0. The van der Waals surface area contributed by atoms with Gasteiger partial charge in [0.1, 0.15) is 0 Å². The number of benzene rings is 2.